The fourth-order valence-corrected chi connectivity index (χ4v) is 2.26. The molecule has 1 aliphatic carbocycles. The van der Waals surface area contributed by atoms with E-state index in [1.165, 1.54) is 19.0 Å². The smallest absolute Gasteiger partial charge is 0.224 e. The molecule has 0 spiro atoms. The van der Waals surface area contributed by atoms with Gasteiger partial charge in [0.15, 0.2) is 11.6 Å². The average molecular weight is 238 g/mol. The molecule has 0 bridgehead atoms. The molecule has 2 rings (SSSR count). The number of hydrogen-bond acceptors (Lipinski definition) is 4. The maximum Gasteiger partial charge on any atom is 0.224 e. The van der Waals surface area contributed by atoms with Crippen molar-refractivity contribution in [2.75, 3.05) is 17.2 Å². The first-order chi connectivity index (χ1) is 8.13. The lowest BCUT2D eigenvalue weighted by atomic mass is 10.0. The van der Waals surface area contributed by atoms with Gasteiger partial charge in [-0.05, 0) is 26.7 Å². The van der Waals surface area contributed by atoms with Crippen LogP contribution < -0.4 is 10.6 Å². The topological polar surface area (TPSA) is 49.8 Å². The zero-order chi connectivity index (χ0) is 12.3. The lowest BCUT2D eigenvalue weighted by Gasteiger charge is -2.26. The Kier molecular flexibility index (Phi) is 3.45. The van der Waals surface area contributed by atoms with Gasteiger partial charge in [0, 0.05) is 12.1 Å². The summed E-state index contributed by atoms with van der Waals surface area (Å²) in [5, 5.41) is 6.20. The summed E-state index contributed by atoms with van der Waals surface area (Å²) in [6.45, 7) is 4.80. The van der Waals surface area contributed by atoms with Crippen molar-refractivity contribution in [2.24, 2.45) is 0 Å². The van der Waals surface area contributed by atoms with Gasteiger partial charge in [0.1, 0.15) is 0 Å². The van der Waals surface area contributed by atoms with E-state index < -0.39 is 0 Å². The molecule has 0 amide bonds. The molecule has 0 unspecified atom stereocenters. The van der Waals surface area contributed by atoms with Gasteiger partial charge >= 0.3 is 0 Å². The fraction of sp³-hybridized carbons (Fsp3) is 0.667. The third kappa shape index (κ3) is 2.84. The van der Waals surface area contributed by atoms with Crippen LogP contribution in [-0.4, -0.2) is 22.1 Å². The highest BCUT2D eigenvalue weighted by Gasteiger charge is 2.29. The van der Waals surface area contributed by atoms with Gasteiger partial charge in [0.2, 0.25) is 5.95 Å². The number of rotatable bonds is 4. The second-order valence-electron chi connectivity index (χ2n) is 4.81. The van der Waals surface area contributed by atoms with Crippen LogP contribution in [0, 0.1) is 5.82 Å². The third-order valence-electron chi connectivity index (χ3n) is 3.21. The summed E-state index contributed by atoms with van der Waals surface area (Å²) < 4.78 is 13.6. The largest absolute Gasteiger partial charge is 0.362 e. The van der Waals surface area contributed by atoms with Crippen LogP contribution in [0.2, 0.25) is 0 Å². The highest BCUT2D eigenvalue weighted by atomic mass is 19.1. The summed E-state index contributed by atoms with van der Waals surface area (Å²) in [5.41, 5.74) is -0.0291. The van der Waals surface area contributed by atoms with Crippen LogP contribution in [0.5, 0.6) is 0 Å². The lowest BCUT2D eigenvalue weighted by Crippen LogP contribution is -2.32. The number of halogens is 1. The van der Waals surface area contributed by atoms with Crippen molar-refractivity contribution in [1.29, 1.82) is 0 Å². The summed E-state index contributed by atoms with van der Waals surface area (Å²) in [6.07, 6.45) is 5.72. The molecule has 5 heteroatoms. The quantitative estimate of drug-likeness (QED) is 0.847. The predicted octanol–water partition coefficient (Wildman–Crippen LogP) is 2.79. The van der Waals surface area contributed by atoms with Crippen LogP contribution in [0.15, 0.2) is 6.20 Å². The molecule has 0 saturated heterocycles. The van der Waals surface area contributed by atoms with Crippen molar-refractivity contribution in [3.05, 3.63) is 12.0 Å². The molecule has 1 saturated carbocycles. The molecular formula is C12H19FN4. The Morgan fingerprint density at radius 2 is 2.12 bits per heavy atom. The first-order valence-electron chi connectivity index (χ1n) is 6.17. The summed E-state index contributed by atoms with van der Waals surface area (Å²) >= 11 is 0. The van der Waals surface area contributed by atoms with E-state index in [4.69, 9.17) is 0 Å². The molecule has 17 heavy (non-hydrogen) atoms. The van der Waals surface area contributed by atoms with Gasteiger partial charge < -0.3 is 10.6 Å². The van der Waals surface area contributed by atoms with Gasteiger partial charge in [0.25, 0.3) is 0 Å². The summed E-state index contributed by atoms with van der Waals surface area (Å²) in [6, 6.07) is 0. The Labute approximate surface area is 101 Å². The average Bonchev–Trinajstić information content (AvgIpc) is 2.70. The van der Waals surface area contributed by atoms with Crippen LogP contribution in [0.1, 0.15) is 39.5 Å². The number of aromatic nitrogens is 2. The highest BCUT2D eigenvalue weighted by Crippen LogP contribution is 2.32. The Morgan fingerprint density at radius 1 is 1.41 bits per heavy atom. The molecule has 0 radical (unpaired) electrons. The molecule has 2 N–H and O–H groups in total. The second-order valence-corrected chi connectivity index (χ2v) is 4.81. The summed E-state index contributed by atoms with van der Waals surface area (Å²) in [5.74, 6) is 0.387. The number of nitrogens with one attached hydrogen (secondary N) is 2. The van der Waals surface area contributed by atoms with E-state index in [0.717, 1.165) is 19.4 Å². The Bertz CT molecular complexity index is 388. The zero-order valence-corrected chi connectivity index (χ0v) is 10.4. The minimum Gasteiger partial charge on any atom is -0.362 e. The Balaban J connectivity index is 2.16. The normalized spacial score (nSPS) is 18.1. The molecular weight excluding hydrogens is 219 g/mol. The maximum atomic E-state index is 13.6. The summed E-state index contributed by atoms with van der Waals surface area (Å²) in [7, 11) is 0. The van der Waals surface area contributed by atoms with Gasteiger partial charge in [-0.2, -0.15) is 4.98 Å². The van der Waals surface area contributed by atoms with E-state index in [1.54, 1.807) is 0 Å². The number of hydrogen-bond donors (Lipinski definition) is 2. The number of anilines is 2. The van der Waals surface area contributed by atoms with Crippen LogP contribution in [-0.2, 0) is 0 Å². The van der Waals surface area contributed by atoms with E-state index in [-0.39, 0.29) is 11.4 Å². The van der Waals surface area contributed by atoms with Crippen molar-refractivity contribution in [1.82, 2.24) is 9.97 Å². The van der Waals surface area contributed by atoms with Gasteiger partial charge in [-0.15, -0.1) is 0 Å². The van der Waals surface area contributed by atoms with Gasteiger partial charge in [0.05, 0.1) is 6.20 Å². The number of nitrogens with zero attached hydrogens (tertiary/aromatic N) is 2. The molecule has 1 heterocycles. The van der Waals surface area contributed by atoms with Crippen LogP contribution in [0.4, 0.5) is 16.2 Å². The first kappa shape index (κ1) is 12.1. The van der Waals surface area contributed by atoms with E-state index in [2.05, 4.69) is 27.5 Å². The van der Waals surface area contributed by atoms with Crippen molar-refractivity contribution < 1.29 is 4.39 Å². The Hall–Kier alpha value is -1.39. The van der Waals surface area contributed by atoms with E-state index >= 15 is 0 Å². The fourth-order valence-electron chi connectivity index (χ4n) is 2.26. The zero-order valence-electron chi connectivity index (χ0n) is 10.4. The third-order valence-corrected chi connectivity index (χ3v) is 3.21. The molecule has 4 nitrogen and oxygen atoms in total. The van der Waals surface area contributed by atoms with Crippen molar-refractivity contribution >= 4 is 11.8 Å². The molecule has 0 aliphatic heterocycles. The lowest BCUT2D eigenvalue weighted by molar-refractivity contribution is 0.520. The van der Waals surface area contributed by atoms with Gasteiger partial charge in [-0.1, -0.05) is 12.8 Å². The van der Waals surface area contributed by atoms with Crippen LogP contribution in [0.25, 0.3) is 0 Å². The Morgan fingerprint density at radius 3 is 2.76 bits per heavy atom. The van der Waals surface area contributed by atoms with Gasteiger partial charge in [-0.3, -0.25) is 0 Å². The molecule has 1 aromatic heterocycles. The molecule has 0 atom stereocenters. The molecule has 1 aliphatic rings. The predicted molar refractivity (Wildman–Crippen MR) is 66.6 cm³/mol. The van der Waals surface area contributed by atoms with E-state index in [0.29, 0.717) is 11.8 Å². The highest BCUT2D eigenvalue weighted by molar-refractivity contribution is 5.43. The van der Waals surface area contributed by atoms with Crippen molar-refractivity contribution in [2.45, 2.75) is 45.1 Å². The van der Waals surface area contributed by atoms with Crippen molar-refractivity contribution in [3.63, 3.8) is 0 Å². The minimum absolute atomic E-state index is 0.0291. The minimum atomic E-state index is -0.389. The first-order valence-corrected chi connectivity index (χ1v) is 6.17. The second kappa shape index (κ2) is 4.85. The van der Waals surface area contributed by atoms with E-state index in [1.807, 2.05) is 6.92 Å². The standard InChI is InChI=1S/C12H19FN4/c1-3-14-11-15-8-9(13)10(16-11)17-12(2)6-4-5-7-12/h8H,3-7H2,1-2H3,(H2,14,15,16,17). The molecule has 0 aromatic carbocycles. The van der Waals surface area contributed by atoms with Crippen LogP contribution >= 0.6 is 0 Å². The molecule has 1 fully saturated rings. The van der Waals surface area contributed by atoms with Gasteiger partial charge in [-0.25, -0.2) is 9.37 Å². The molecule has 1 aromatic rings. The summed E-state index contributed by atoms with van der Waals surface area (Å²) in [4.78, 5) is 8.05. The SMILES string of the molecule is CCNc1ncc(F)c(NC2(C)CCCC2)n1. The van der Waals surface area contributed by atoms with Crippen molar-refractivity contribution in [3.8, 4) is 0 Å². The molecule has 94 valence electrons. The van der Waals surface area contributed by atoms with Crippen LogP contribution in [0.3, 0.4) is 0 Å². The monoisotopic (exact) mass is 238 g/mol. The van der Waals surface area contributed by atoms with E-state index in [9.17, 15) is 4.39 Å². The maximum absolute atomic E-state index is 13.6.